The molecule has 1 unspecified atom stereocenters. The first kappa shape index (κ1) is 25.7. The summed E-state index contributed by atoms with van der Waals surface area (Å²) in [5, 5.41) is 0.0962. The summed E-state index contributed by atoms with van der Waals surface area (Å²) in [6.45, 7) is 17.5. The summed E-state index contributed by atoms with van der Waals surface area (Å²) >= 11 is 0. The average molecular weight is 451 g/mol. The molecule has 0 saturated carbocycles. The minimum atomic E-state index is -1.97. The first-order valence-corrected chi connectivity index (χ1v) is 14.2. The van der Waals surface area contributed by atoms with Gasteiger partial charge in [0.15, 0.2) is 0 Å². The Labute approximate surface area is 195 Å². The molecule has 1 atom stereocenters. The second-order valence-corrected chi connectivity index (χ2v) is 14.8. The lowest BCUT2D eigenvalue weighted by atomic mass is 9.95. The van der Waals surface area contributed by atoms with Gasteiger partial charge in [-0.1, -0.05) is 84.0 Å². The summed E-state index contributed by atoms with van der Waals surface area (Å²) in [6.07, 6.45) is 6.59. The Balaban J connectivity index is 2.02. The SMILES string of the molecule is CC(C)c1cccc(C(C)/C=C/OC(=O)/C=C/c2ccccc2O[Si](C)(C)C(C)(C)C)c1. The molecule has 0 spiro atoms. The smallest absolute Gasteiger partial charge is 0.335 e. The van der Waals surface area contributed by atoms with Crippen LogP contribution in [0.3, 0.4) is 0 Å². The summed E-state index contributed by atoms with van der Waals surface area (Å²) in [5.41, 5.74) is 3.38. The van der Waals surface area contributed by atoms with E-state index in [-0.39, 0.29) is 11.0 Å². The van der Waals surface area contributed by atoms with Crippen LogP contribution in [0, 0.1) is 0 Å². The third-order valence-corrected chi connectivity index (χ3v) is 10.5. The van der Waals surface area contributed by atoms with Gasteiger partial charge in [-0.15, -0.1) is 0 Å². The maximum absolute atomic E-state index is 12.2. The van der Waals surface area contributed by atoms with Crippen molar-refractivity contribution in [2.75, 3.05) is 0 Å². The lowest BCUT2D eigenvalue weighted by molar-refractivity contribution is -0.132. The maximum Gasteiger partial charge on any atom is 0.335 e. The highest BCUT2D eigenvalue weighted by Gasteiger charge is 2.39. The Morgan fingerprint density at radius 1 is 0.969 bits per heavy atom. The van der Waals surface area contributed by atoms with Crippen molar-refractivity contribution in [1.82, 2.24) is 0 Å². The number of hydrogen-bond donors (Lipinski definition) is 0. The molecule has 2 aromatic carbocycles. The number of benzene rings is 2. The van der Waals surface area contributed by atoms with E-state index in [1.807, 2.05) is 30.3 Å². The Bertz CT molecular complexity index is 965. The molecule has 0 saturated heterocycles. The highest BCUT2D eigenvalue weighted by molar-refractivity contribution is 6.74. The van der Waals surface area contributed by atoms with Gasteiger partial charge in [-0.3, -0.25) is 0 Å². The standard InChI is InChI=1S/C28H38O3Si/c1-21(2)24-13-11-14-25(20-24)22(3)18-19-30-27(29)17-16-23-12-9-10-15-26(23)31-32(7,8)28(4,5)6/h9-22H,1-8H3/b17-16+,19-18+. The molecule has 0 amide bonds. The summed E-state index contributed by atoms with van der Waals surface area (Å²) < 4.78 is 11.7. The van der Waals surface area contributed by atoms with Gasteiger partial charge in [0.1, 0.15) is 5.75 Å². The van der Waals surface area contributed by atoms with Crippen LogP contribution in [-0.4, -0.2) is 14.3 Å². The van der Waals surface area contributed by atoms with Crippen LogP contribution in [0.25, 0.3) is 6.08 Å². The number of esters is 1. The van der Waals surface area contributed by atoms with Crippen LogP contribution in [0.2, 0.25) is 18.1 Å². The number of ether oxygens (including phenoxy) is 1. The summed E-state index contributed by atoms with van der Waals surface area (Å²) in [7, 11) is -1.97. The van der Waals surface area contributed by atoms with Crippen LogP contribution in [0.1, 0.15) is 70.1 Å². The predicted molar refractivity (Wildman–Crippen MR) is 137 cm³/mol. The van der Waals surface area contributed by atoms with E-state index in [4.69, 9.17) is 9.16 Å². The molecule has 0 aliphatic heterocycles. The van der Waals surface area contributed by atoms with Gasteiger partial charge in [0, 0.05) is 17.6 Å². The highest BCUT2D eigenvalue weighted by Crippen LogP contribution is 2.38. The molecule has 0 aliphatic rings. The molecular weight excluding hydrogens is 412 g/mol. The second kappa shape index (κ2) is 10.8. The first-order chi connectivity index (χ1) is 14.9. The van der Waals surface area contributed by atoms with Gasteiger partial charge in [-0.2, -0.15) is 0 Å². The van der Waals surface area contributed by atoms with Crippen LogP contribution < -0.4 is 4.43 Å². The Morgan fingerprint density at radius 2 is 1.62 bits per heavy atom. The largest absolute Gasteiger partial charge is 0.543 e. The Kier molecular flexibility index (Phi) is 8.68. The molecule has 0 aromatic heterocycles. The zero-order valence-electron chi connectivity index (χ0n) is 20.8. The third-order valence-electron chi connectivity index (χ3n) is 6.14. The van der Waals surface area contributed by atoms with Crippen molar-refractivity contribution in [1.29, 1.82) is 0 Å². The molecule has 0 N–H and O–H groups in total. The first-order valence-electron chi connectivity index (χ1n) is 11.3. The van der Waals surface area contributed by atoms with Crippen molar-refractivity contribution in [2.24, 2.45) is 0 Å². The highest BCUT2D eigenvalue weighted by atomic mass is 28.4. The van der Waals surface area contributed by atoms with Crippen LogP contribution in [0.5, 0.6) is 5.75 Å². The molecular formula is C28H38O3Si. The van der Waals surface area contributed by atoms with Crippen LogP contribution in [0.15, 0.2) is 66.9 Å². The van der Waals surface area contributed by atoms with E-state index < -0.39 is 14.3 Å². The zero-order valence-corrected chi connectivity index (χ0v) is 21.8. The van der Waals surface area contributed by atoms with Crippen molar-refractivity contribution in [3.05, 3.63) is 83.6 Å². The fraction of sp³-hybridized carbons (Fsp3) is 0.393. The average Bonchev–Trinajstić information content (AvgIpc) is 2.72. The van der Waals surface area contributed by atoms with E-state index in [1.54, 1.807) is 6.08 Å². The van der Waals surface area contributed by atoms with E-state index in [9.17, 15) is 4.79 Å². The minimum absolute atomic E-state index is 0.0962. The van der Waals surface area contributed by atoms with Gasteiger partial charge in [-0.25, -0.2) is 4.79 Å². The van der Waals surface area contributed by atoms with E-state index in [1.165, 1.54) is 23.5 Å². The van der Waals surface area contributed by atoms with Gasteiger partial charge in [-0.05, 0) is 53.4 Å². The molecule has 3 nitrogen and oxygen atoms in total. The normalized spacial score (nSPS) is 13.7. The lowest BCUT2D eigenvalue weighted by Crippen LogP contribution is -2.44. The van der Waals surface area contributed by atoms with Gasteiger partial charge >= 0.3 is 5.97 Å². The van der Waals surface area contributed by atoms with Crippen molar-refractivity contribution < 1.29 is 14.0 Å². The quantitative estimate of drug-likeness (QED) is 0.176. The predicted octanol–water partition coefficient (Wildman–Crippen LogP) is 8.07. The monoisotopic (exact) mass is 450 g/mol. The minimum Gasteiger partial charge on any atom is -0.543 e. The molecule has 0 bridgehead atoms. The molecule has 0 heterocycles. The second-order valence-electron chi connectivity index (χ2n) is 10.1. The van der Waals surface area contributed by atoms with Crippen molar-refractivity contribution in [3.8, 4) is 5.75 Å². The summed E-state index contributed by atoms with van der Waals surface area (Å²) in [4.78, 5) is 12.2. The Hall–Kier alpha value is -2.59. The molecule has 4 heteroatoms. The van der Waals surface area contributed by atoms with Crippen molar-refractivity contribution in [3.63, 3.8) is 0 Å². The number of rotatable bonds is 8. The van der Waals surface area contributed by atoms with E-state index in [0.29, 0.717) is 5.92 Å². The molecule has 0 radical (unpaired) electrons. The topological polar surface area (TPSA) is 35.5 Å². The number of para-hydroxylation sites is 1. The molecule has 2 aromatic rings. The van der Waals surface area contributed by atoms with Crippen LogP contribution in [-0.2, 0) is 9.53 Å². The molecule has 32 heavy (non-hydrogen) atoms. The number of allylic oxidation sites excluding steroid dienone is 1. The fourth-order valence-corrected chi connectivity index (χ4v) is 3.91. The van der Waals surface area contributed by atoms with E-state index in [2.05, 4.69) is 78.9 Å². The third kappa shape index (κ3) is 7.23. The van der Waals surface area contributed by atoms with Gasteiger partial charge in [0.05, 0.1) is 6.26 Å². The number of carbonyl (C=O) groups excluding carboxylic acids is 1. The molecule has 172 valence electrons. The zero-order chi connectivity index (χ0) is 23.9. The van der Waals surface area contributed by atoms with E-state index in [0.717, 1.165) is 11.3 Å². The van der Waals surface area contributed by atoms with Gasteiger partial charge < -0.3 is 9.16 Å². The van der Waals surface area contributed by atoms with Crippen molar-refractivity contribution >= 4 is 20.4 Å². The number of carbonyl (C=O) groups is 1. The molecule has 0 fully saturated rings. The maximum atomic E-state index is 12.2. The van der Waals surface area contributed by atoms with Crippen molar-refractivity contribution in [2.45, 2.75) is 71.5 Å². The lowest BCUT2D eigenvalue weighted by Gasteiger charge is -2.36. The van der Waals surface area contributed by atoms with Crippen LogP contribution in [0.4, 0.5) is 0 Å². The van der Waals surface area contributed by atoms with Gasteiger partial charge in [0.2, 0.25) is 0 Å². The summed E-state index contributed by atoms with van der Waals surface area (Å²) in [5.74, 6) is 1.03. The van der Waals surface area contributed by atoms with E-state index >= 15 is 0 Å². The van der Waals surface area contributed by atoms with Gasteiger partial charge in [0.25, 0.3) is 8.32 Å². The number of hydrogen-bond acceptors (Lipinski definition) is 3. The molecule has 2 rings (SSSR count). The summed E-state index contributed by atoms with van der Waals surface area (Å²) in [6, 6.07) is 16.3. The van der Waals surface area contributed by atoms with Crippen LogP contribution >= 0.6 is 0 Å². The Morgan fingerprint density at radius 3 is 2.28 bits per heavy atom. The fourth-order valence-electron chi connectivity index (χ4n) is 2.87. The molecule has 0 aliphatic carbocycles.